The number of hydrogen-bond acceptors (Lipinski definition) is 2. The molecule has 2 nitrogen and oxygen atoms in total. The fourth-order valence-electron chi connectivity index (χ4n) is 1.84. The van der Waals surface area contributed by atoms with E-state index in [4.69, 9.17) is 0 Å². The Balaban J connectivity index is 2.49. The monoisotopic (exact) mass is 285 g/mol. The molecule has 1 atom stereocenters. The van der Waals surface area contributed by atoms with Crippen molar-refractivity contribution in [1.82, 2.24) is 4.98 Å². The van der Waals surface area contributed by atoms with Crippen molar-refractivity contribution in [3.63, 3.8) is 0 Å². The highest BCUT2D eigenvalue weighted by Crippen LogP contribution is 2.34. The number of aromatic nitrogens is 1. The second-order valence-corrected chi connectivity index (χ2v) is 4.54. The van der Waals surface area contributed by atoms with E-state index in [1.165, 1.54) is 25.3 Å². The molecule has 0 amide bonds. The molecule has 20 heavy (non-hydrogen) atoms. The fraction of sp³-hybridized carbons (Fsp3) is 0.214. The second kappa shape index (κ2) is 4.86. The van der Waals surface area contributed by atoms with Gasteiger partial charge in [0.1, 0.15) is 11.4 Å². The first kappa shape index (κ1) is 14.5. The molecule has 0 bridgehead atoms. The fourth-order valence-corrected chi connectivity index (χ4v) is 1.84. The maximum atomic E-state index is 13.1. The average molecular weight is 285 g/mol. The van der Waals surface area contributed by atoms with Gasteiger partial charge in [-0.15, -0.1) is 0 Å². The van der Waals surface area contributed by atoms with E-state index in [1.54, 1.807) is 0 Å². The molecule has 2 aromatic rings. The van der Waals surface area contributed by atoms with Gasteiger partial charge in [-0.25, -0.2) is 4.39 Å². The Morgan fingerprint density at radius 2 is 1.65 bits per heavy atom. The Kier molecular flexibility index (Phi) is 3.52. The van der Waals surface area contributed by atoms with Gasteiger partial charge < -0.3 is 5.11 Å². The molecule has 1 aromatic carbocycles. The van der Waals surface area contributed by atoms with Crippen molar-refractivity contribution >= 4 is 0 Å². The number of hydrogen-bond donors (Lipinski definition) is 1. The minimum absolute atomic E-state index is 0.0136. The van der Waals surface area contributed by atoms with Gasteiger partial charge in [0, 0.05) is 11.8 Å². The van der Waals surface area contributed by atoms with E-state index >= 15 is 0 Å². The van der Waals surface area contributed by atoms with E-state index in [1.807, 2.05) is 0 Å². The van der Waals surface area contributed by atoms with E-state index in [9.17, 15) is 22.7 Å². The van der Waals surface area contributed by atoms with Gasteiger partial charge in [-0.05, 0) is 30.7 Å². The molecule has 0 aliphatic rings. The van der Waals surface area contributed by atoms with Crippen LogP contribution in [0.15, 0.2) is 42.7 Å². The molecule has 2 rings (SSSR count). The van der Waals surface area contributed by atoms with Gasteiger partial charge in [-0.1, -0.05) is 12.1 Å². The van der Waals surface area contributed by atoms with Gasteiger partial charge in [-0.3, -0.25) is 4.98 Å². The van der Waals surface area contributed by atoms with Crippen molar-refractivity contribution < 1.29 is 22.7 Å². The highest BCUT2D eigenvalue weighted by Gasteiger charge is 2.33. The Labute approximate surface area is 112 Å². The van der Waals surface area contributed by atoms with Gasteiger partial charge in [-0.2, -0.15) is 13.2 Å². The topological polar surface area (TPSA) is 33.1 Å². The summed E-state index contributed by atoms with van der Waals surface area (Å²) in [5.74, 6) is -0.672. The molecule has 0 aliphatic carbocycles. The van der Waals surface area contributed by atoms with Crippen molar-refractivity contribution in [3.05, 3.63) is 65.2 Å². The minimum Gasteiger partial charge on any atom is -0.381 e. The van der Waals surface area contributed by atoms with Crippen molar-refractivity contribution in [2.45, 2.75) is 18.7 Å². The third-order valence-electron chi connectivity index (χ3n) is 3.02. The summed E-state index contributed by atoms with van der Waals surface area (Å²) in [6.45, 7) is 1.29. The Morgan fingerprint density at radius 1 is 1.00 bits per heavy atom. The Bertz CT molecular complexity index is 623. The second-order valence-electron chi connectivity index (χ2n) is 4.54. The third kappa shape index (κ3) is 2.80. The average Bonchev–Trinajstić information content (AvgIpc) is 2.38. The number of aliphatic hydroxyl groups is 1. The Morgan fingerprint density at radius 3 is 2.25 bits per heavy atom. The molecule has 1 heterocycles. The lowest BCUT2D eigenvalue weighted by Crippen LogP contribution is -2.24. The van der Waals surface area contributed by atoms with Gasteiger partial charge in [0.05, 0.1) is 11.8 Å². The zero-order chi connectivity index (χ0) is 15.0. The Hall–Kier alpha value is -1.95. The molecule has 0 fully saturated rings. The molecule has 0 aliphatic heterocycles. The first-order valence-electron chi connectivity index (χ1n) is 5.72. The number of rotatable bonds is 2. The first-order valence-corrected chi connectivity index (χ1v) is 5.72. The van der Waals surface area contributed by atoms with Crippen LogP contribution in [0, 0.1) is 5.82 Å². The van der Waals surface area contributed by atoms with Crippen LogP contribution in [0.2, 0.25) is 0 Å². The van der Waals surface area contributed by atoms with Crippen LogP contribution in [0.4, 0.5) is 17.6 Å². The van der Waals surface area contributed by atoms with Crippen LogP contribution in [0.3, 0.4) is 0 Å². The lowest BCUT2D eigenvalue weighted by Gasteiger charge is -2.25. The number of benzene rings is 1. The minimum atomic E-state index is -4.51. The molecule has 0 spiro atoms. The van der Waals surface area contributed by atoms with Crippen molar-refractivity contribution in [2.75, 3.05) is 0 Å². The lowest BCUT2D eigenvalue weighted by atomic mass is 9.88. The summed E-state index contributed by atoms with van der Waals surface area (Å²) in [5.41, 5.74) is -2.55. The van der Waals surface area contributed by atoms with Crippen LogP contribution in [0.5, 0.6) is 0 Å². The van der Waals surface area contributed by atoms with Gasteiger partial charge in [0.2, 0.25) is 0 Å². The highest BCUT2D eigenvalue weighted by atomic mass is 19.4. The smallest absolute Gasteiger partial charge is 0.381 e. The zero-order valence-electron chi connectivity index (χ0n) is 10.4. The SMILES string of the molecule is CC(O)(c1cncc(F)c1)c1cccc(C(F)(F)F)c1. The van der Waals surface area contributed by atoms with E-state index in [0.29, 0.717) is 0 Å². The maximum Gasteiger partial charge on any atom is 0.416 e. The normalized spacial score (nSPS) is 14.9. The van der Waals surface area contributed by atoms with Crippen LogP contribution in [-0.2, 0) is 11.8 Å². The standard InChI is InChI=1S/C14H11F4NO/c1-13(20,11-6-12(15)8-19-7-11)9-3-2-4-10(5-9)14(16,17)18/h2-8,20H,1H3. The predicted octanol–water partition coefficient (Wildman–Crippen LogP) is 3.50. The molecule has 106 valence electrons. The summed E-state index contributed by atoms with van der Waals surface area (Å²) in [5, 5.41) is 10.4. The number of alkyl halides is 3. The van der Waals surface area contributed by atoms with E-state index < -0.39 is 23.2 Å². The number of pyridine rings is 1. The van der Waals surface area contributed by atoms with Crippen molar-refractivity contribution in [1.29, 1.82) is 0 Å². The van der Waals surface area contributed by atoms with Gasteiger partial charge in [0.15, 0.2) is 0 Å². The molecule has 0 saturated carbocycles. The highest BCUT2D eigenvalue weighted by molar-refractivity contribution is 5.37. The van der Waals surface area contributed by atoms with Crippen molar-refractivity contribution in [2.24, 2.45) is 0 Å². The predicted molar refractivity (Wildman–Crippen MR) is 64.3 cm³/mol. The van der Waals surface area contributed by atoms with Crippen LogP contribution in [0.25, 0.3) is 0 Å². The summed E-state index contributed by atoms with van der Waals surface area (Å²) in [4.78, 5) is 3.59. The summed E-state index contributed by atoms with van der Waals surface area (Å²) in [6.07, 6.45) is -2.35. The first-order chi connectivity index (χ1) is 9.21. The summed E-state index contributed by atoms with van der Waals surface area (Å²) < 4.78 is 51.1. The van der Waals surface area contributed by atoms with Gasteiger partial charge in [0.25, 0.3) is 0 Å². The largest absolute Gasteiger partial charge is 0.416 e. The molecular formula is C14H11F4NO. The quantitative estimate of drug-likeness (QED) is 0.857. The summed E-state index contributed by atoms with van der Waals surface area (Å²) >= 11 is 0. The molecule has 0 saturated heterocycles. The molecular weight excluding hydrogens is 274 g/mol. The number of halogens is 4. The van der Waals surface area contributed by atoms with Crippen LogP contribution in [0.1, 0.15) is 23.6 Å². The van der Waals surface area contributed by atoms with Crippen molar-refractivity contribution in [3.8, 4) is 0 Å². The third-order valence-corrected chi connectivity index (χ3v) is 3.02. The zero-order valence-corrected chi connectivity index (χ0v) is 10.4. The molecule has 0 radical (unpaired) electrons. The van der Waals surface area contributed by atoms with E-state index in [-0.39, 0.29) is 11.1 Å². The van der Waals surface area contributed by atoms with Gasteiger partial charge >= 0.3 is 6.18 Å². The maximum absolute atomic E-state index is 13.1. The number of nitrogens with zero attached hydrogens (tertiary/aromatic N) is 1. The molecule has 1 unspecified atom stereocenters. The van der Waals surface area contributed by atoms with Crippen LogP contribution in [-0.4, -0.2) is 10.1 Å². The van der Waals surface area contributed by atoms with Crippen LogP contribution >= 0.6 is 0 Å². The van der Waals surface area contributed by atoms with Crippen LogP contribution < -0.4 is 0 Å². The van der Waals surface area contributed by atoms with E-state index in [2.05, 4.69) is 4.98 Å². The molecule has 6 heteroatoms. The molecule has 1 N–H and O–H groups in total. The molecule has 1 aromatic heterocycles. The summed E-state index contributed by atoms with van der Waals surface area (Å²) in [6, 6.07) is 5.32. The van der Waals surface area contributed by atoms with E-state index in [0.717, 1.165) is 24.4 Å². The summed E-state index contributed by atoms with van der Waals surface area (Å²) in [7, 11) is 0. The lowest BCUT2D eigenvalue weighted by molar-refractivity contribution is -0.137.